The first kappa shape index (κ1) is 18.4. The monoisotopic (exact) mass is 385 g/mol. The Morgan fingerprint density at radius 3 is 2.48 bits per heavy atom. The van der Waals surface area contributed by atoms with Gasteiger partial charge in [-0.05, 0) is 86.2 Å². The van der Waals surface area contributed by atoms with Crippen LogP contribution in [0.5, 0.6) is 5.75 Å². The van der Waals surface area contributed by atoms with Crippen LogP contribution in [-0.2, 0) is 5.60 Å². The predicted molar refractivity (Wildman–Crippen MR) is 108 cm³/mol. The maximum absolute atomic E-state index is 13.5. The van der Waals surface area contributed by atoms with Crippen molar-refractivity contribution >= 4 is 21.4 Å². The molecule has 1 saturated heterocycles. The third kappa shape index (κ3) is 3.35. The van der Waals surface area contributed by atoms with Crippen LogP contribution in [0.4, 0.5) is 4.39 Å². The number of fused-ring (bicyclic) bond motifs is 1. The van der Waals surface area contributed by atoms with E-state index in [4.69, 9.17) is 4.74 Å². The zero-order valence-corrected chi connectivity index (χ0v) is 16.4. The van der Waals surface area contributed by atoms with Crippen molar-refractivity contribution in [3.8, 4) is 5.75 Å². The Morgan fingerprint density at radius 1 is 1.11 bits per heavy atom. The number of hydrogen-bond donors (Lipinski definition) is 1. The average Bonchev–Trinajstić information content (AvgIpc) is 3.12. The smallest absolute Gasteiger partial charge is 0.127 e. The van der Waals surface area contributed by atoms with Gasteiger partial charge in [-0.1, -0.05) is 12.1 Å². The third-order valence-corrected chi connectivity index (χ3v) is 6.92. The van der Waals surface area contributed by atoms with Gasteiger partial charge in [-0.2, -0.15) is 0 Å². The molecule has 1 atom stereocenters. The van der Waals surface area contributed by atoms with E-state index in [2.05, 4.69) is 18.0 Å². The summed E-state index contributed by atoms with van der Waals surface area (Å²) >= 11 is 1.59. The van der Waals surface area contributed by atoms with E-state index in [0.717, 1.165) is 52.2 Å². The maximum atomic E-state index is 13.5. The Hall–Kier alpha value is -1.95. The summed E-state index contributed by atoms with van der Waals surface area (Å²) in [6, 6.07) is 14.3. The summed E-state index contributed by atoms with van der Waals surface area (Å²) in [5.41, 5.74) is -0.358. The molecule has 27 heavy (non-hydrogen) atoms. The maximum Gasteiger partial charge on any atom is 0.127 e. The SMILES string of the molecule is COc1ccc2cc(C(O)(c3ccc(F)cc3)C3CCN(C)CC3)sc2c1. The van der Waals surface area contributed by atoms with Crippen molar-refractivity contribution in [2.45, 2.75) is 18.4 Å². The molecule has 0 spiro atoms. The third-order valence-electron chi connectivity index (χ3n) is 5.70. The van der Waals surface area contributed by atoms with Crippen LogP contribution in [0.25, 0.3) is 10.1 Å². The molecular weight excluding hydrogens is 361 g/mol. The fourth-order valence-electron chi connectivity index (χ4n) is 4.04. The summed E-state index contributed by atoms with van der Waals surface area (Å²) in [6.45, 7) is 1.90. The van der Waals surface area contributed by atoms with Gasteiger partial charge in [0, 0.05) is 9.58 Å². The number of hydrogen-bond acceptors (Lipinski definition) is 4. The molecule has 1 aliphatic rings. The zero-order valence-electron chi connectivity index (χ0n) is 15.6. The normalized spacial score (nSPS) is 18.5. The molecule has 0 amide bonds. The lowest BCUT2D eigenvalue weighted by Gasteiger charge is -2.40. The first-order chi connectivity index (χ1) is 13.0. The van der Waals surface area contributed by atoms with Crippen molar-refractivity contribution in [3.63, 3.8) is 0 Å². The van der Waals surface area contributed by atoms with Gasteiger partial charge in [-0.15, -0.1) is 11.3 Å². The lowest BCUT2D eigenvalue weighted by atomic mass is 9.75. The molecule has 4 rings (SSSR count). The minimum atomic E-state index is -1.12. The number of likely N-dealkylation sites (tertiary alicyclic amines) is 1. The highest BCUT2D eigenvalue weighted by Gasteiger charge is 2.42. The van der Waals surface area contributed by atoms with Gasteiger partial charge in [0.2, 0.25) is 0 Å². The number of thiophene rings is 1. The van der Waals surface area contributed by atoms with Crippen molar-refractivity contribution in [1.29, 1.82) is 0 Å². The van der Waals surface area contributed by atoms with E-state index in [0.29, 0.717) is 0 Å². The average molecular weight is 386 g/mol. The van der Waals surface area contributed by atoms with Gasteiger partial charge in [0.25, 0.3) is 0 Å². The van der Waals surface area contributed by atoms with Gasteiger partial charge in [0.15, 0.2) is 0 Å². The quantitative estimate of drug-likeness (QED) is 0.711. The number of halogens is 1. The van der Waals surface area contributed by atoms with E-state index in [1.807, 2.05) is 18.2 Å². The topological polar surface area (TPSA) is 32.7 Å². The second kappa shape index (κ2) is 7.23. The second-order valence-corrected chi connectivity index (χ2v) is 8.45. The molecule has 1 unspecified atom stereocenters. The Kier molecular flexibility index (Phi) is 4.93. The van der Waals surface area contributed by atoms with Crippen LogP contribution in [0.1, 0.15) is 23.3 Å². The molecule has 0 aliphatic carbocycles. The highest BCUT2D eigenvalue weighted by atomic mass is 32.1. The van der Waals surface area contributed by atoms with Gasteiger partial charge in [0.1, 0.15) is 17.2 Å². The number of piperidine rings is 1. The number of methoxy groups -OCH3 is 1. The van der Waals surface area contributed by atoms with E-state index in [1.54, 1.807) is 30.6 Å². The summed E-state index contributed by atoms with van der Waals surface area (Å²) in [7, 11) is 3.77. The molecule has 0 radical (unpaired) electrons. The van der Waals surface area contributed by atoms with Crippen LogP contribution in [0.15, 0.2) is 48.5 Å². The Labute approximate surface area is 163 Å². The summed E-state index contributed by atoms with van der Waals surface area (Å²) in [5.74, 6) is 0.611. The van der Waals surface area contributed by atoms with E-state index in [-0.39, 0.29) is 11.7 Å². The standard InChI is InChI=1S/C22H24FNO2S/c1-24-11-9-17(10-12-24)22(25,16-4-6-18(23)7-5-16)21-13-15-3-8-19(26-2)14-20(15)27-21/h3-8,13-14,17,25H,9-12H2,1-2H3. The fourth-order valence-corrected chi connectivity index (χ4v) is 5.32. The van der Waals surface area contributed by atoms with Gasteiger partial charge in [-0.3, -0.25) is 0 Å². The van der Waals surface area contributed by atoms with Crippen molar-refractivity contribution in [2.75, 3.05) is 27.2 Å². The number of rotatable bonds is 4. The molecule has 0 bridgehead atoms. The number of ether oxygens (including phenoxy) is 1. The molecule has 2 heterocycles. The van der Waals surface area contributed by atoms with Crippen LogP contribution in [0.3, 0.4) is 0 Å². The summed E-state index contributed by atoms with van der Waals surface area (Å²) in [4.78, 5) is 3.20. The van der Waals surface area contributed by atoms with E-state index in [9.17, 15) is 9.50 Å². The minimum absolute atomic E-state index is 0.0918. The number of aliphatic hydroxyl groups is 1. The van der Waals surface area contributed by atoms with Crippen LogP contribution in [0.2, 0.25) is 0 Å². The molecule has 2 aromatic carbocycles. The zero-order chi connectivity index (χ0) is 19.0. The van der Waals surface area contributed by atoms with E-state index < -0.39 is 5.60 Å². The molecule has 1 fully saturated rings. The first-order valence-corrected chi connectivity index (χ1v) is 10.1. The molecule has 3 nitrogen and oxygen atoms in total. The largest absolute Gasteiger partial charge is 0.497 e. The number of benzene rings is 2. The fraction of sp³-hybridized carbons (Fsp3) is 0.364. The van der Waals surface area contributed by atoms with Crippen molar-refractivity contribution < 1.29 is 14.2 Å². The number of nitrogens with zero attached hydrogens (tertiary/aromatic N) is 1. The molecule has 3 aromatic rings. The Bertz CT molecular complexity index is 931. The van der Waals surface area contributed by atoms with E-state index in [1.165, 1.54) is 12.1 Å². The molecule has 1 N–H and O–H groups in total. The predicted octanol–water partition coefficient (Wildman–Crippen LogP) is 4.63. The molecule has 0 saturated carbocycles. The van der Waals surface area contributed by atoms with Crippen molar-refractivity contribution in [3.05, 3.63) is 64.8 Å². The molecule has 1 aromatic heterocycles. The van der Waals surface area contributed by atoms with Crippen molar-refractivity contribution in [1.82, 2.24) is 4.90 Å². The summed E-state index contributed by atoms with van der Waals surface area (Å²) in [6.07, 6.45) is 1.81. The van der Waals surface area contributed by atoms with Gasteiger partial charge >= 0.3 is 0 Å². The Balaban J connectivity index is 1.83. The van der Waals surface area contributed by atoms with Gasteiger partial charge in [-0.25, -0.2) is 4.39 Å². The minimum Gasteiger partial charge on any atom is -0.497 e. The molecule has 5 heteroatoms. The first-order valence-electron chi connectivity index (χ1n) is 9.25. The van der Waals surface area contributed by atoms with Crippen LogP contribution in [-0.4, -0.2) is 37.3 Å². The van der Waals surface area contributed by atoms with Crippen LogP contribution >= 0.6 is 11.3 Å². The molecular formula is C22H24FNO2S. The highest BCUT2D eigenvalue weighted by Crippen LogP contribution is 2.46. The lowest BCUT2D eigenvalue weighted by molar-refractivity contribution is -0.00793. The van der Waals surface area contributed by atoms with Crippen molar-refractivity contribution in [2.24, 2.45) is 5.92 Å². The summed E-state index contributed by atoms with van der Waals surface area (Å²) in [5, 5.41) is 13.1. The van der Waals surface area contributed by atoms with E-state index >= 15 is 0 Å². The van der Waals surface area contributed by atoms with Crippen LogP contribution in [0, 0.1) is 11.7 Å². The molecule has 142 valence electrons. The van der Waals surface area contributed by atoms with Gasteiger partial charge in [0.05, 0.1) is 7.11 Å². The molecule has 1 aliphatic heterocycles. The summed E-state index contributed by atoms with van der Waals surface area (Å²) < 4.78 is 19.9. The highest BCUT2D eigenvalue weighted by molar-refractivity contribution is 7.19. The van der Waals surface area contributed by atoms with Crippen LogP contribution < -0.4 is 4.74 Å². The Morgan fingerprint density at radius 2 is 1.81 bits per heavy atom. The van der Waals surface area contributed by atoms with Gasteiger partial charge < -0.3 is 14.7 Å². The lowest BCUT2D eigenvalue weighted by Crippen LogP contribution is -2.42. The second-order valence-electron chi connectivity index (χ2n) is 7.37.